The molecule has 0 radical (unpaired) electrons. The molecular weight excluding hydrogens is 333 g/mol. The van der Waals surface area contributed by atoms with Crippen molar-refractivity contribution in [3.63, 3.8) is 0 Å². The topological polar surface area (TPSA) is 55.4 Å². The van der Waals surface area contributed by atoms with Gasteiger partial charge in [-0.2, -0.15) is 0 Å². The molecule has 0 atom stereocenters. The first kappa shape index (κ1) is 14.3. The third kappa shape index (κ3) is 3.59. The summed E-state index contributed by atoms with van der Waals surface area (Å²) in [4.78, 5) is 22.4. The third-order valence-corrected chi connectivity index (χ3v) is 3.52. The van der Waals surface area contributed by atoms with Gasteiger partial charge in [0, 0.05) is 4.47 Å². The summed E-state index contributed by atoms with van der Waals surface area (Å²) in [5, 5.41) is 2.72. The van der Waals surface area contributed by atoms with Crippen molar-refractivity contribution < 1.29 is 14.3 Å². The van der Waals surface area contributed by atoms with Crippen LogP contribution in [0.4, 0.5) is 5.69 Å². The SMILES string of the molecule is CCOC(=O)C(=O)Nc1ccc(Br)c(Cl)c1Cl. The molecule has 0 saturated heterocycles. The molecule has 0 spiro atoms. The quantitative estimate of drug-likeness (QED) is 0.510. The summed E-state index contributed by atoms with van der Waals surface area (Å²) in [6, 6.07) is 3.13. The Labute approximate surface area is 116 Å². The lowest BCUT2D eigenvalue weighted by atomic mass is 10.3. The molecule has 0 aliphatic heterocycles. The Morgan fingerprint density at radius 1 is 1.35 bits per heavy atom. The number of halogens is 3. The van der Waals surface area contributed by atoms with Crippen LogP contribution >= 0.6 is 39.1 Å². The lowest BCUT2D eigenvalue weighted by Gasteiger charge is -2.08. The molecule has 1 aromatic carbocycles. The lowest BCUT2D eigenvalue weighted by Crippen LogP contribution is -2.25. The van der Waals surface area contributed by atoms with Gasteiger partial charge in [0.25, 0.3) is 0 Å². The molecular formula is C10H8BrCl2NO3. The number of hydrogen-bond donors (Lipinski definition) is 1. The van der Waals surface area contributed by atoms with Crippen molar-refractivity contribution in [1.82, 2.24) is 0 Å². The minimum Gasteiger partial charge on any atom is -0.459 e. The molecule has 1 rings (SSSR count). The van der Waals surface area contributed by atoms with E-state index in [-0.39, 0.29) is 22.3 Å². The van der Waals surface area contributed by atoms with Crippen molar-refractivity contribution in [3.8, 4) is 0 Å². The van der Waals surface area contributed by atoms with E-state index in [0.29, 0.717) is 4.47 Å². The molecule has 0 aromatic heterocycles. The molecule has 0 saturated carbocycles. The zero-order chi connectivity index (χ0) is 13.0. The minimum absolute atomic E-state index is 0.126. The van der Waals surface area contributed by atoms with Gasteiger partial charge < -0.3 is 10.1 Å². The molecule has 17 heavy (non-hydrogen) atoms. The van der Waals surface area contributed by atoms with E-state index < -0.39 is 11.9 Å². The van der Waals surface area contributed by atoms with Gasteiger partial charge in [0.05, 0.1) is 22.3 Å². The predicted molar refractivity (Wildman–Crippen MR) is 69.4 cm³/mol. The molecule has 0 unspecified atom stereocenters. The van der Waals surface area contributed by atoms with Crippen molar-refractivity contribution in [2.45, 2.75) is 6.92 Å². The van der Waals surface area contributed by atoms with Crippen molar-refractivity contribution >= 4 is 56.7 Å². The van der Waals surface area contributed by atoms with Gasteiger partial charge in [0.15, 0.2) is 0 Å². The number of hydrogen-bond acceptors (Lipinski definition) is 3. The molecule has 1 aromatic rings. The monoisotopic (exact) mass is 339 g/mol. The Morgan fingerprint density at radius 2 is 2.00 bits per heavy atom. The van der Waals surface area contributed by atoms with Gasteiger partial charge in [0.2, 0.25) is 0 Å². The zero-order valence-electron chi connectivity index (χ0n) is 8.72. The van der Waals surface area contributed by atoms with Crippen molar-refractivity contribution in [2.75, 3.05) is 11.9 Å². The van der Waals surface area contributed by atoms with Crippen LogP contribution in [0.2, 0.25) is 10.0 Å². The molecule has 1 amide bonds. The molecule has 1 N–H and O–H groups in total. The van der Waals surface area contributed by atoms with E-state index >= 15 is 0 Å². The largest absolute Gasteiger partial charge is 0.459 e. The van der Waals surface area contributed by atoms with Crippen LogP contribution in [0.3, 0.4) is 0 Å². The minimum atomic E-state index is -0.970. The van der Waals surface area contributed by atoms with Crippen LogP contribution in [0.1, 0.15) is 6.92 Å². The average molecular weight is 341 g/mol. The molecule has 0 fully saturated rings. The molecule has 4 nitrogen and oxygen atoms in total. The number of benzene rings is 1. The summed E-state index contributed by atoms with van der Waals surface area (Å²) >= 11 is 14.9. The van der Waals surface area contributed by atoms with Crippen LogP contribution in [-0.2, 0) is 14.3 Å². The first-order valence-electron chi connectivity index (χ1n) is 4.59. The van der Waals surface area contributed by atoms with Gasteiger partial charge in [-0.05, 0) is 35.0 Å². The van der Waals surface area contributed by atoms with Crippen molar-refractivity contribution in [3.05, 3.63) is 26.7 Å². The highest BCUT2D eigenvalue weighted by Gasteiger charge is 2.17. The van der Waals surface area contributed by atoms with E-state index in [1.807, 2.05) is 0 Å². The Morgan fingerprint density at radius 3 is 2.59 bits per heavy atom. The van der Waals surface area contributed by atoms with Crippen LogP contribution in [0.15, 0.2) is 16.6 Å². The van der Waals surface area contributed by atoms with Gasteiger partial charge in [-0.3, -0.25) is 4.79 Å². The Bertz CT molecular complexity index is 465. The average Bonchev–Trinajstić information content (AvgIpc) is 2.30. The first-order valence-corrected chi connectivity index (χ1v) is 6.13. The third-order valence-electron chi connectivity index (χ3n) is 1.74. The maximum absolute atomic E-state index is 11.4. The number of esters is 1. The molecule has 0 bridgehead atoms. The van der Waals surface area contributed by atoms with Crippen LogP contribution in [0.5, 0.6) is 0 Å². The Kier molecular flexibility index (Phi) is 5.24. The number of anilines is 1. The van der Waals surface area contributed by atoms with Gasteiger partial charge in [-0.1, -0.05) is 23.2 Å². The number of carbonyl (C=O) groups is 2. The second-order valence-electron chi connectivity index (χ2n) is 2.90. The van der Waals surface area contributed by atoms with E-state index in [1.54, 1.807) is 13.0 Å². The van der Waals surface area contributed by atoms with E-state index in [2.05, 4.69) is 26.0 Å². The van der Waals surface area contributed by atoms with E-state index in [4.69, 9.17) is 23.2 Å². The van der Waals surface area contributed by atoms with Crippen molar-refractivity contribution in [1.29, 1.82) is 0 Å². The van der Waals surface area contributed by atoms with Gasteiger partial charge in [-0.15, -0.1) is 0 Å². The number of ether oxygens (including phenoxy) is 1. The maximum atomic E-state index is 11.4. The lowest BCUT2D eigenvalue weighted by molar-refractivity contribution is -0.152. The second kappa shape index (κ2) is 6.23. The van der Waals surface area contributed by atoms with Gasteiger partial charge >= 0.3 is 11.9 Å². The molecule has 92 valence electrons. The summed E-state index contributed by atoms with van der Waals surface area (Å²) in [7, 11) is 0. The van der Waals surface area contributed by atoms with Crippen LogP contribution in [0, 0.1) is 0 Å². The summed E-state index contributed by atoms with van der Waals surface area (Å²) in [5.41, 5.74) is 0.248. The number of nitrogens with one attached hydrogen (secondary N) is 1. The maximum Gasteiger partial charge on any atom is 0.397 e. The number of amides is 1. The van der Waals surface area contributed by atoms with Gasteiger partial charge in [0.1, 0.15) is 0 Å². The van der Waals surface area contributed by atoms with Crippen LogP contribution < -0.4 is 5.32 Å². The fourth-order valence-electron chi connectivity index (χ4n) is 0.992. The smallest absolute Gasteiger partial charge is 0.397 e. The standard InChI is InChI=1S/C10H8BrCl2NO3/c1-2-17-10(16)9(15)14-6-4-3-5(11)7(12)8(6)13/h3-4H,2H2,1H3,(H,14,15). The van der Waals surface area contributed by atoms with Crippen LogP contribution in [0.25, 0.3) is 0 Å². The highest BCUT2D eigenvalue weighted by atomic mass is 79.9. The summed E-state index contributed by atoms with van der Waals surface area (Å²) < 4.78 is 5.13. The summed E-state index contributed by atoms with van der Waals surface area (Å²) in [5.74, 6) is -1.87. The fourth-order valence-corrected chi connectivity index (χ4v) is 1.81. The van der Waals surface area contributed by atoms with Crippen molar-refractivity contribution in [2.24, 2.45) is 0 Å². The highest BCUT2D eigenvalue weighted by molar-refractivity contribution is 9.10. The summed E-state index contributed by atoms with van der Waals surface area (Å²) in [6.07, 6.45) is 0. The van der Waals surface area contributed by atoms with Crippen LogP contribution in [-0.4, -0.2) is 18.5 Å². The van der Waals surface area contributed by atoms with E-state index in [1.165, 1.54) is 6.07 Å². The number of carbonyl (C=O) groups excluding carboxylic acids is 2. The normalized spacial score (nSPS) is 9.88. The second-order valence-corrected chi connectivity index (χ2v) is 4.51. The number of rotatable bonds is 2. The van der Waals surface area contributed by atoms with E-state index in [0.717, 1.165) is 0 Å². The molecule has 7 heteroatoms. The Balaban J connectivity index is 2.86. The van der Waals surface area contributed by atoms with Gasteiger partial charge in [-0.25, -0.2) is 4.79 Å². The summed E-state index contributed by atoms with van der Waals surface area (Å²) in [6.45, 7) is 1.73. The molecule has 0 aliphatic rings. The Hall–Kier alpha value is -0.780. The zero-order valence-corrected chi connectivity index (χ0v) is 11.8. The predicted octanol–water partition coefficient (Wildman–Crippen LogP) is 3.26. The molecule has 0 heterocycles. The first-order chi connectivity index (χ1) is 7.97. The highest BCUT2D eigenvalue weighted by Crippen LogP contribution is 2.35. The van der Waals surface area contributed by atoms with E-state index in [9.17, 15) is 9.59 Å². The molecule has 0 aliphatic carbocycles. The fraction of sp³-hybridized carbons (Fsp3) is 0.200.